The van der Waals surface area contributed by atoms with Gasteiger partial charge in [-0.05, 0) is 26.0 Å². The monoisotopic (exact) mass is 246 g/mol. The van der Waals surface area contributed by atoms with Crippen LogP contribution in [-0.2, 0) is 12.6 Å². The topological polar surface area (TPSA) is 63.0 Å². The fraction of sp³-hybridized carbons (Fsp3) is 0.385. The van der Waals surface area contributed by atoms with Crippen molar-refractivity contribution in [2.75, 3.05) is 11.9 Å². The van der Waals surface area contributed by atoms with Crippen molar-refractivity contribution >= 4 is 5.82 Å². The Hall–Kier alpha value is -1.88. The van der Waals surface area contributed by atoms with E-state index >= 15 is 0 Å². The van der Waals surface area contributed by atoms with Gasteiger partial charge >= 0.3 is 0 Å². The third-order valence-corrected chi connectivity index (χ3v) is 2.83. The molecule has 1 unspecified atom stereocenters. The quantitative estimate of drug-likeness (QED) is 0.857. The molecule has 0 aliphatic rings. The minimum atomic E-state index is -0.973. The molecule has 2 heterocycles. The Kier molecular flexibility index (Phi) is 3.34. The Balaban J connectivity index is 2.05. The molecule has 5 nitrogen and oxygen atoms in total. The summed E-state index contributed by atoms with van der Waals surface area (Å²) >= 11 is 0. The van der Waals surface area contributed by atoms with Gasteiger partial charge in [0, 0.05) is 31.0 Å². The van der Waals surface area contributed by atoms with Crippen LogP contribution in [0.1, 0.15) is 18.2 Å². The maximum Gasteiger partial charge on any atom is 0.126 e. The molecule has 0 aromatic carbocycles. The van der Waals surface area contributed by atoms with E-state index in [0.29, 0.717) is 6.54 Å². The molecule has 0 spiro atoms. The lowest BCUT2D eigenvalue weighted by Crippen LogP contribution is -2.30. The van der Waals surface area contributed by atoms with Crippen molar-refractivity contribution in [3.05, 3.63) is 41.9 Å². The summed E-state index contributed by atoms with van der Waals surface area (Å²) in [4.78, 5) is 4.33. The molecule has 0 radical (unpaired) electrons. The van der Waals surface area contributed by atoms with Crippen molar-refractivity contribution in [3.63, 3.8) is 0 Å². The molecule has 5 heteroatoms. The summed E-state index contributed by atoms with van der Waals surface area (Å²) in [6.07, 6.45) is 3.48. The van der Waals surface area contributed by atoms with Gasteiger partial charge in [0.1, 0.15) is 11.4 Å². The molecule has 2 aromatic heterocycles. The van der Waals surface area contributed by atoms with Crippen molar-refractivity contribution in [2.45, 2.75) is 19.4 Å². The Bertz CT molecular complexity index is 533. The van der Waals surface area contributed by atoms with E-state index in [0.717, 1.165) is 17.1 Å². The van der Waals surface area contributed by atoms with Gasteiger partial charge in [-0.15, -0.1) is 0 Å². The molecule has 18 heavy (non-hydrogen) atoms. The van der Waals surface area contributed by atoms with Gasteiger partial charge in [-0.3, -0.25) is 4.68 Å². The molecular formula is C13H18N4O. The van der Waals surface area contributed by atoms with Gasteiger partial charge in [0.05, 0.1) is 6.20 Å². The fourth-order valence-corrected chi connectivity index (χ4v) is 1.71. The number of aryl methyl sites for hydroxylation is 2. The highest BCUT2D eigenvalue weighted by molar-refractivity contribution is 5.36. The van der Waals surface area contributed by atoms with E-state index in [-0.39, 0.29) is 0 Å². The van der Waals surface area contributed by atoms with E-state index in [9.17, 15) is 5.11 Å². The highest BCUT2D eigenvalue weighted by atomic mass is 16.3. The molecule has 1 atom stereocenters. The maximum atomic E-state index is 10.4. The van der Waals surface area contributed by atoms with Crippen LogP contribution in [0, 0.1) is 6.92 Å². The number of hydrogen-bond donors (Lipinski definition) is 2. The van der Waals surface area contributed by atoms with Gasteiger partial charge in [0.2, 0.25) is 0 Å². The zero-order valence-electron chi connectivity index (χ0n) is 10.9. The van der Waals surface area contributed by atoms with Crippen LogP contribution in [0.4, 0.5) is 5.82 Å². The number of aromatic nitrogens is 3. The molecule has 0 saturated carbocycles. The normalized spacial score (nSPS) is 14.2. The van der Waals surface area contributed by atoms with Gasteiger partial charge in [0.25, 0.3) is 0 Å². The van der Waals surface area contributed by atoms with Gasteiger partial charge in [-0.1, -0.05) is 6.07 Å². The van der Waals surface area contributed by atoms with Crippen LogP contribution in [0.25, 0.3) is 0 Å². The molecule has 0 bridgehead atoms. The summed E-state index contributed by atoms with van der Waals surface area (Å²) in [5.74, 6) is 0.763. The van der Waals surface area contributed by atoms with Crippen LogP contribution >= 0.6 is 0 Å². The lowest BCUT2D eigenvalue weighted by molar-refractivity contribution is 0.0713. The van der Waals surface area contributed by atoms with Crippen molar-refractivity contribution < 1.29 is 5.11 Å². The van der Waals surface area contributed by atoms with Gasteiger partial charge < -0.3 is 10.4 Å². The first-order valence-corrected chi connectivity index (χ1v) is 5.86. The summed E-state index contributed by atoms with van der Waals surface area (Å²) in [5.41, 5.74) is 0.755. The standard InChI is InChI=1S/C13H18N4O/c1-10-5-4-6-12(16-10)14-9-13(2,18)11-7-15-17(3)8-11/h4-8,18H,9H2,1-3H3,(H,14,16). The maximum absolute atomic E-state index is 10.4. The fourth-order valence-electron chi connectivity index (χ4n) is 1.71. The third kappa shape index (κ3) is 2.87. The first kappa shape index (κ1) is 12.6. The van der Waals surface area contributed by atoms with E-state index in [1.165, 1.54) is 0 Å². The Morgan fingerprint density at radius 2 is 2.22 bits per heavy atom. The number of nitrogens with one attached hydrogen (secondary N) is 1. The summed E-state index contributed by atoms with van der Waals surface area (Å²) in [7, 11) is 1.83. The third-order valence-electron chi connectivity index (χ3n) is 2.83. The van der Waals surface area contributed by atoms with Gasteiger partial charge in [-0.2, -0.15) is 5.10 Å². The summed E-state index contributed by atoms with van der Waals surface area (Å²) in [6.45, 7) is 4.08. The number of nitrogens with zero attached hydrogens (tertiary/aromatic N) is 3. The Morgan fingerprint density at radius 3 is 2.83 bits per heavy atom. The zero-order valence-corrected chi connectivity index (χ0v) is 10.9. The van der Waals surface area contributed by atoms with Crippen molar-refractivity contribution in [1.29, 1.82) is 0 Å². The lowest BCUT2D eigenvalue weighted by atomic mass is 10.00. The van der Waals surface area contributed by atoms with Gasteiger partial charge in [0.15, 0.2) is 0 Å². The Morgan fingerprint density at radius 1 is 1.44 bits per heavy atom. The highest BCUT2D eigenvalue weighted by Crippen LogP contribution is 2.20. The first-order chi connectivity index (χ1) is 8.47. The van der Waals surface area contributed by atoms with Crippen molar-refractivity contribution in [1.82, 2.24) is 14.8 Å². The number of rotatable bonds is 4. The van der Waals surface area contributed by atoms with Crippen LogP contribution in [-0.4, -0.2) is 26.4 Å². The predicted molar refractivity (Wildman–Crippen MR) is 70.2 cm³/mol. The van der Waals surface area contributed by atoms with Crippen LogP contribution in [0.5, 0.6) is 0 Å². The molecule has 2 rings (SSSR count). The number of pyridine rings is 1. The van der Waals surface area contributed by atoms with E-state index in [1.807, 2.05) is 38.4 Å². The molecule has 0 saturated heterocycles. The molecule has 2 N–H and O–H groups in total. The van der Waals surface area contributed by atoms with Gasteiger partial charge in [-0.25, -0.2) is 4.98 Å². The first-order valence-electron chi connectivity index (χ1n) is 5.86. The minimum absolute atomic E-state index is 0.384. The largest absolute Gasteiger partial charge is 0.383 e. The van der Waals surface area contributed by atoms with E-state index in [1.54, 1.807) is 17.8 Å². The van der Waals surface area contributed by atoms with Crippen LogP contribution < -0.4 is 5.32 Å². The minimum Gasteiger partial charge on any atom is -0.383 e. The van der Waals surface area contributed by atoms with E-state index in [2.05, 4.69) is 15.4 Å². The van der Waals surface area contributed by atoms with Crippen molar-refractivity contribution in [2.24, 2.45) is 7.05 Å². The molecule has 0 fully saturated rings. The smallest absolute Gasteiger partial charge is 0.126 e. The molecule has 0 aliphatic carbocycles. The van der Waals surface area contributed by atoms with Crippen LogP contribution in [0.15, 0.2) is 30.6 Å². The number of aliphatic hydroxyl groups is 1. The number of anilines is 1. The summed E-state index contributed by atoms with van der Waals surface area (Å²) in [6, 6.07) is 5.75. The average molecular weight is 246 g/mol. The second kappa shape index (κ2) is 4.78. The van der Waals surface area contributed by atoms with E-state index in [4.69, 9.17) is 0 Å². The van der Waals surface area contributed by atoms with Crippen LogP contribution in [0.3, 0.4) is 0 Å². The van der Waals surface area contributed by atoms with E-state index < -0.39 is 5.60 Å². The second-order valence-corrected chi connectivity index (χ2v) is 4.69. The molecular weight excluding hydrogens is 228 g/mol. The zero-order chi connectivity index (χ0) is 13.2. The predicted octanol–water partition coefficient (Wildman–Crippen LogP) is 1.44. The SMILES string of the molecule is Cc1cccc(NCC(C)(O)c2cnn(C)c2)n1. The molecule has 2 aromatic rings. The molecule has 0 amide bonds. The van der Waals surface area contributed by atoms with Crippen molar-refractivity contribution in [3.8, 4) is 0 Å². The lowest BCUT2D eigenvalue weighted by Gasteiger charge is -2.22. The Labute approximate surface area is 106 Å². The second-order valence-electron chi connectivity index (χ2n) is 4.69. The molecule has 96 valence electrons. The highest BCUT2D eigenvalue weighted by Gasteiger charge is 2.24. The summed E-state index contributed by atoms with van der Waals surface area (Å²) < 4.78 is 1.68. The molecule has 0 aliphatic heterocycles. The summed E-state index contributed by atoms with van der Waals surface area (Å²) in [5, 5.41) is 17.6. The van der Waals surface area contributed by atoms with Crippen LogP contribution in [0.2, 0.25) is 0 Å². The number of hydrogen-bond acceptors (Lipinski definition) is 4. The average Bonchev–Trinajstić information content (AvgIpc) is 2.74.